The van der Waals surface area contributed by atoms with Crippen LogP contribution in [0.3, 0.4) is 0 Å². The van der Waals surface area contributed by atoms with Gasteiger partial charge in [-0.25, -0.2) is 4.98 Å². The number of carbonyl (C=O) groups excluding carboxylic acids is 1. The molecule has 0 aromatic carbocycles. The van der Waals surface area contributed by atoms with Crippen LogP contribution in [-0.2, 0) is 11.3 Å². The van der Waals surface area contributed by atoms with Crippen molar-refractivity contribution in [3.63, 3.8) is 0 Å². The fourth-order valence-corrected chi connectivity index (χ4v) is 2.98. The summed E-state index contributed by atoms with van der Waals surface area (Å²) in [5.74, 6) is 0.229. The first-order chi connectivity index (χ1) is 8.15. The molecule has 2 rings (SSSR count). The van der Waals surface area contributed by atoms with Gasteiger partial charge in [-0.2, -0.15) is 0 Å². The molecule has 1 aromatic rings. The molecule has 2 unspecified atom stereocenters. The Labute approximate surface area is 106 Å². The van der Waals surface area contributed by atoms with Crippen molar-refractivity contribution in [1.29, 1.82) is 0 Å². The van der Waals surface area contributed by atoms with Gasteiger partial charge < -0.3 is 11.1 Å². The Kier molecular flexibility index (Phi) is 4.12. The number of nitrogens with one attached hydrogen (secondary N) is 1. The molecule has 2 atom stereocenters. The molecular formula is C12H19N3OS. The fraction of sp³-hybridized carbons (Fsp3) is 0.667. The van der Waals surface area contributed by atoms with Crippen LogP contribution in [0.15, 0.2) is 6.20 Å². The number of nitrogens with two attached hydrogens (primary N) is 1. The van der Waals surface area contributed by atoms with E-state index in [0.29, 0.717) is 6.54 Å². The predicted molar refractivity (Wildman–Crippen MR) is 68.6 cm³/mol. The van der Waals surface area contributed by atoms with Gasteiger partial charge in [0.25, 0.3) is 0 Å². The molecule has 1 aromatic heterocycles. The predicted octanol–water partition coefficient (Wildman–Crippen LogP) is 1.59. The van der Waals surface area contributed by atoms with E-state index in [4.69, 9.17) is 5.73 Å². The molecule has 0 spiro atoms. The highest BCUT2D eigenvalue weighted by Gasteiger charge is 2.25. The molecule has 94 valence electrons. The number of thiazole rings is 1. The average Bonchev–Trinajstić information content (AvgIpc) is 2.72. The smallest absolute Gasteiger partial charge is 0.223 e. The average molecular weight is 253 g/mol. The lowest BCUT2D eigenvalue weighted by molar-refractivity contribution is -0.126. The molecule has 17 heavy (non-hydrogen) atoms. The van der Waals surface area contributed by atoms with Crippen LogP contribution in [-0.4, -0.2) is 16.9 Å². The highest BCUT2D eigenvalue weighted by molar-refractivity contribution is 7.11. The Morgan fingerprint density at radius 3 is 3.12 bits per heavy atom. The minimum atomic E-state index is 0.0970. The van der Waals surface area contributed by atoms with Gasteiger partial charge in [0.15, 0.2) is 0 Å². The first kappa shape index (κ1) is 12.5. The van der Waals surface area contributed by atoms with Crippen molar-refractivity contribution in [2.45, 2.75) is 45.2 Å². The zero-order valence-corrected chi connectivity index (χ0v) is 10.9. The highest BCUT2D eigenvalue weighted by Crippen LogP contribution is 2.23. The zero-order valence-electron chi connectivity index (χ0n) is 10.1. The summed E-state index contributed by atoms with van der Waals surface area (Å²) in [6.07, 6.45) is 5.74. The Morgan fingerprint density at radius 1 is 1.65 bits per heavy atom. The number of carbonyl (C=O) groups is 1. The van der Waals surface area contributed by atoms with Crippen LogP contribution in [0.1, 0.15) is 35.6 Å². The minimum Gasteiger partial charge on any atom is -0.349 e. The lowest BCUT2D eigenvalue weighted by Crippen LogP contribution is -2.37. The van der Waals surface area contributed by atoms with E-state index in [1.165, 1.54) is 4.88 Å². The number of aromatic nitrogens is 1. The molecule has 3 N–H and O–H groups in total. The maximum atomic E-state index is 11.9. The molecule has 0 aliphatic heterocycles. The van der Waals surface area contributed by atoms with Gasteiger partial charge >= 0.3 is 0 Å². The summed E-state index contributed by atoms with van der Waals surface area (Å²) in [6.45, 7) is 2.56. The molecular weight excluding hydrogens is 234 g/mol. The van der Waals surface area contributed by atoms with Gasteiger partial charge in [-0.15, -0.1) is 11.3 Å². The van der Waals surface area contributed by atoms with Crippen LogP contribution in [0.2, 0.25) is 0 Å². The van der Waals surface area contributed by atoms with Crippen molar-refractivity contribution < 1.29 is 4.79 Å². The van der Waals surface area contributed by atoms with E-state index in [0.717, 1.165) is 30.7 Å². The quantitative estimate of drug-likeness (QED) is 0.859. The second-order valence-electron chi connectivity index (χ2n) is 4.71. The monoisotopic (exact) mass is 253 g/mol. The zero-order chi connectivity index (χ0) is 12.3. The maximum Gasteiger partial charge on any atom is 0.223 e. The summed E-state index contributed by atoms with van der Waals surface area (Å²) in [5, 5.41) is 3.92. The molecule has 1 saturated carbocycles. The molecule has 0 radical (unpaired) electrons. The Morgan fingerprint density at radius 2 is 2.47 bits per heavy atom. The fourth-order valence-electron chi connectivity index (χ4n) is 2.26. The van der Waals surface area contributed by atoms with E-state index < -0.39 is 0 Å². The lowest BCUT2D eigenvalue weighted by Gasteiger charge is -2.25. The Hall–Kier alpha value is -0.940. The molecule has 1 heterocycles. The van der Waals surface area contributed by atoms with Gasteiger partial charge in [-0.1, -0.05) is 6.42 Å². The summed E-state index contributed by atoms with van der Waals surface area (Å²) in [5.41, 5.74) is 5.88. The summed E-state index contributed by atoms with van der Waals surface area (Å²) >= 11 is 1.63. The lowest BCUT2D eigenvalue weighted by atomic mass is 9.85. The van der Waals surface area contributed by atoms with Crippen LogP contribution in [0, 0.1) is 12.8 Å². The van der Waals surface area contributed by atoms with Gasteiger partial charge in [0.2, 0.25) is 5.91 Å². The number of hydrogen-bond donors (Lipinski definition) is 2. The van der Waals surface area contributed by atoms with Crippen molar-refractivity contribution in [2.24, 2.45) is 11.7 Å². The van der Waals surface area contributed by atoms with Crippen LogP contribution in [0.5, 0.6) is 0 Å². The van der Waals surface area contributed by atoms with Crippen molar-refractivity contribution >= 4 is 17.2 Å². The molecule has 1 amide bonds. The molecule has 1 fully saturated rings. The Bertz CT molecular complexity index is 391. The van der Waals surface area contributed by atoms with E-state index in [9.17, 15) is 4.79 Å². The minimum absolute atomic E-state index is 0.0970. The molecule has 1 aliphatic carbocycles. The molecule has 4 nitrogen and oxygen atoms in total. The summed E-state index contributed by atoms with van der Waals surface area (Å²) in [7, 11) is 0. The summed E-state index contributed by atoms with van der Waals surface area (Å²) in [6, 6.07) is 0.196. The van der Waals surface area contributed by atoms with Crippen molar-refractivity contribution in [1.82, 2.24) is 10.3 Å². The second-order valence-corrected chi connectivity index (χ2v) is 6.03. The van der Waals surface area contributed by atoms with Crippen LogP contribution < -0.4 is 11.1 Å². The van der Waals surface area contributed by atoms with E-state index in [-0.39, 0.29) is 17.9 Å². The highest BCUT2D eigenvalue weighted by atomic mass is 32.1. The van der Waals surface area contributed by atoms with E-state index in [1.807, 2.05) is 13.1 Å². The summed E-state index contributed by atoms with van der Waals surface area (Å²) in [4.78, 5) is 17.3. The van der Waals surface area contributed by atoms with Gasteiger partial charge in [0.05, 0.1) is 6.54 Å². The van der Waals surface area contributed by atoms with E-state index in [2.05, 4.69) is 10.3 Å². The normalized spacial score (nSPS) is 24.6. The van der Waals surface area contributed by atoms with E-state index >= 15 is 0 Å². The first-order valence-corrected chi connectivity index (χ1v) is 6.91. The van der Waals surface area contributed by atoms with Crippen LogP contribution in [0.25, 0.3) is 0 Å². The number of aryl methyl sites for hydroxylation is 1. The van der Waals surface area contributed by atoms with Crippen molar-refractivity contribution in [3.05, 3.63) is 16.1 Å². The largest absolute Gasteiger partial charge is 0.349 e. The van der Waals surface area contributed by atoms with Gasteiger partial charge in [-0.3, -0.25) is 4.79 Å². The van der Waals surface area contributed by atoms with Crippen LogP contribution >= 0.6 is 11.3 Å². The topological polar surface area (TPSA) is 68.0 Å². The number of nitrogens with zero attached hydrogens (tertiary/aromatic N) is 1. The molecule has 1 aliphatic rings. The molecule has 0 bridgehead atoms. The standard InChI is InChI=1S/C12H19N3OS/c1-8-6-14-11(17-8)7-15-12(16)9-3-2-4-10(13)5-9/h6,9-10H,2-5,7,13H2,1H3,(H,15,16). The molecule has 5 heteroatoms. The number of hydrogen-bond acceptors (Lipinski definition) is 4. The third kappa shape index (κ3) is 3.51. The second kappa shape index (κ2) is 5.60. The van der Waals surface area contributed by atoms with E-state index in [1.54, 1.807) is 11.3 Å². The maximum absolute atomic E-state index is 11.9. The van der Waals surface area contributed by atoms with Gasteiger partial charge in [-0.05, 0) is 26.2 Å². The first-order valence-electron chi connectivity index (χ1n) is 6.09. The van der Waals surface area contributed by atoms with Crippen LogP contribution in [0.4, 0.5) is 0 Å². The van der Waals surface area contributed by atoms with Crippen molar-refractivity contribution in [3.8, 4) is 0 Å². The summed E-state index contributed by atoms with van der Waals surface area (Å²) < 4.78 is 0. The number of amides is 1. The Balaban J connectivity index is 1.80. The SMILES string of the molecule is Cc1cnc(CNC(=O)C2CCCC(N)C2)s1. The third-order valence-electron chi connectivity index (χ3n) is 3.17. The third-order valence-corrected chi connectivity index (χ3v) is 4.08. The van der Waals surface area contributed by atoms with Crippen molar-refractivity contribution in [2.75, 3.05) is 0 Å². The number of rotatable bonds is 3. The van der Waals surface area contributed by atoms with Gasteiger partial charge in [0, 0.05) is 23.0 Å². The van der Waals surface area contributed by atoms with Gasteiger partial charge in [0.1, 0.15) is 5.01 Å². The molecule has 0 saturated heterocycles.